The van der Waals surface area contributed by atoms with Crippen molar-refractivity contribution in [3.05, 3.63) is 24.0 Å². The Morgan fingerprint density at radius 1 is 1.32 bits per heavy atom. The second kappa shape index (κ2) is 9.31. The van der Waals surface area contributed by atoms with Crippen molar-refractivity contribution in [2.45, 2.75) is 31.5 Å². The maximum atomic E-state index is 14.6. The number of ketones is 1. The molecule has 3 rings (SSSR count). The highest BCUT2D eigenvalue weighted by Crippen LogP contribution is 2.29. The Kier molecular flexibility index (Phi) is 6.82. The van der Waals surface area contributed by atoms with E-state index in [0.717, 1.165) is 0 Å². The number of ether oxygens (including phenoxy) is 2. The van der Waals surface area contributed by atoms with Crippen molar-refractivity contribution in [3.63, 3.8) is 0 Å². The summed E-state index contributed by atoms with van der Waals surface area (Å²) in [6, 6.07) is 4.65. The van der Waals surface area contributed by atoms with Gasteiger partial charge < -0.3 is 24.6 Å². The van der Waals surface area contributed by atoms with Gasteiger partial charge >= 0.3 is 6.09 Å². The van der Waals surface area contributed by atoms with Crippen molar-refractivity contribution in [2.24, 2.45) is 0 Å². The van der Waals surface area contributed by atoms with Crippen LogP contribution in [0.2, 0.25) is 0 Å². The molecule has 0 aliphatic carbocycles. The minimum Gasteiger partial charge on any atom is -0.444 e. The molecule has 1 aromatic rings. The summed E-state index contributed by atoms with van der Waals surface area (Å²) in [6.45, 7) is 2.09. The molecule has 2 saturated heterocycles. The van der Waals surface area contributed by atoms with Crippen LogP contribution in [0.4, 0.5) is 20.6 Å². The van der Waals surface area contributed by atoms with Crippen molar-refractivity contribution >= 4 is 23.3 Å². The molecular weight excluding hydrogens is 371 g/mol. The fourth-order valence-corrected chi connectivity index (χ4v) is 3.36. The number of rotatable bonds is 8. The normalized spacial score (nSPS) is 21.0. The zero-order valence-corrected chi connectivity index (χ0v) is 15.6. The van der Waals surface area contributed by atoms with Gasteiger partial charge in [0.1, 0.15) is 17.7 Å². The SMILES string of the molecule is O=C(CC[C@H]1CN(c2ccc(N3CCOCC3)c(F)c2)C(=O)O1)CC(O)CO. The van der Waals surface area contributed by atoms with Gasteiger partial charge in [0.2, 0.25) is 0 Å². The van der Waals surface area contributed by atoms with Gasteiger partial charge in [-0.25, -0.2) is 9.18 Å². The zero-order chi connectivity index (χ0) is 20.1. The van der Waals surface area contributed by atoms with Crippen molar-refractivity contribution < 1.29 is 33.7 Å². The number of anilines is 2. The number of cyclic esters (lactones) is 1. The Balaban J connectivity index is 1.57. The molecule has 2 aliphatic rings. The Morgan fingerprint density at radius 3 is 2.75 bits per heavy atom. The lowest BCUT2D eigenvalue weighted by molar-refractivity contribution is -0.122. The number of amides is 1. The highest BCUT2D eigenvalue weighted by Gasteiger charge is 2.33. The van der Waals surface area contributed by atoms with E-state index in [-0.39, 0.29) is 25.2 Å². The summed E-state index contributed by atoms with van der Waals surface area (Å²) in [5, 5.41) is 18.1. The molecule has 154 valence electrons. The summed E-state index contributed by atoms with van der Waals surface area (Å²) < 4.78 is 25.1. The summed E-state index contributed by atoms with van der Waals surface area (Å²) in [6.07, 6.45) is -1.81. The van der Waals surface area contributed by atoms with E-state index in [2.05, 4.69) is 0 Å². The Morgan fingerprint density at radius 2 is 2.07 bits per heavy atom. The number of morpholine rings is 1. The quantitative estimate of drug-likeness (QED) is 0.678. The second-order valence-corrected chi connectivity index (χ2v) is 6.97. The molecule has 9 heteroatoms. The third kappa shape index (κ3) is 4.98. The number of aliphatic hydroxyl groups is 2. The van der Waals surface area contributed by atoms with Gasteiger partial charge in [-0.05, 0) is 24.6 Å². The number of carbonyl (C=O) groups excluding carboxylic acids is 2. The maximum Gasteiger partial charge on any atom is 0.414 e. The molecule has 0 aromatic heterocycles. The van der Waals surface area contributed by atoms with Crippen LogP contribution in [0.15, 0.2) is 18.2 Å². The van der Waals surface area contributed by atoms with E-state index in [0.29, 0.717) is 44.1 Å². The molecule has 2 N–H and O–H groups in total. The van der Waals surface area contributed by atoms with Crippen molar-refractivity contribution in [3.8, 4) is 0 Å². The molecule has 0 spiro atoms. The number of halogens is 1. The average Bonchev–Trinajstić information content (AvgIpc) is 3.07. The number of nitrogens with zero attached hydrogens (tertiary/aromatic N) is 2. The van der Waals surface area contributed by atoms with Crippen molar-refractivity contribution in [1.82, 2.24) is 0 Å². The number of hydrogen-bond donors (Lipinski definition) is 2. The van der Waals surface area contributed by atoms with E-state index >= 15 is 0 Å². The van der Waals surface area contributed by atoms with Crippen LogP contribution < -0.4 is 9.80 Å². The second-order valence-electron chi connectivity index (χ2n) is 6.97. The van der Waals surface area contributed by atoms with Crippen LogP contribution in [0.3, 0.4) is 0 Å². The number of hydrogen-bond acceptors (Lipinski definition) is 7. The zero-order valence-electron chi connectivity index (χ0n) is 15.6. The fraction of sp³-hybridized carbons (Fsp3) is 0.579. The molecule has 0 saturated carbocycles. The van der Waals surface area contributed by atoms with Gasteiger partial charge in [-0.1, -0.05) is 0 Å². The molecule has 8 nitrogen and oxygen atoms in total. The minimum absolute atomic E-state index is 0.130. The first kappa shape index (κ1) is 20.5. The van der Waals surface area contributed by atoms with Gasteiger partial charge in [0.25, 0.3) is 0 Å². The molecule has 1 aromatic carbocycles. The lowest BCUT2D eigenvalue weighted by Crippen LogP contribution is -2.36. The third-order valence-electron chi connectivity index (χ3n) is 4.89. The van der Waals surface area contributed by atoms with E-state index in [1.54, 1.807) is 12.1 Å². The molecule has 1 amide bonds. The number of aliphatic hydroxyl groups excluding tert-OH is 2. The van der Waals surface area contributed by atoms with Gasteiger partial charge in [0.05, 0.1) is 43.8 Å². The van der Waals surface area contributed by atoms with Crippen LogP contribution in [0.25, 0.3) is 0 Å². The first-order valence-corrected chi connectivity index (χ1v) is 9.39. The predicted molar refractivity (Wildman–Crippen MR) is 99.0 cm³/mol. The first-order chi connectivity index (χ1) is 13.5. The Labute approximate surface area is 162 Å². The summed E-state index contributed by atoms with van der Waals surface area (Å²) in [5.74, 6) is -0.624. The highest BCUT2D eigenvalue weighted by molar-refractivity contribution is 5.90. The monoisotopic (exact) mass is 396 g/mol. The van der Waals surface area contributed by atoms with Gasteiger partial charge in [-0.2, -0.15) is 0 Å². The van der Waals surface area contributed by atoms with E-state index in [4.69, 9.17) is 14.6 Å². The smallest absolute Gasteiger partial charge is 0.414 e. The number of carbonyl (C=O) groups is 2. The fourth-order valence-electron chi connectivity index (χ4n) is 3.36. The third-order valence-corrected chi connectivity index (χ3v) is 4.89. The molecule has 0 bridgehead atoms. The molecule has 2 aliphatic heterocycles. The van der Waals surface area contributed by atoms with Crippen LogP contribution in [-0.2, 0) is 14.3 Å². The maximum absolute atomic E-state index is 14.6. The molecular formula is C19H25FN2O6. The standard InChI is InChI=1S/C19H25FN2O6/c20-17-9-13(1-4-18(17)21-5-7-27-8-6-21)22-11-16(28-19(22)26)3-2-14(24)10-15(25)12-23/h1,4,9,15-16,23,25H,2-3,5-8,10-12H2/t15?,16-/m0/s1. The Hall–Kier alpha value is -2.23. The molecule has 1 unspecified atom stereocenters. The van der Waals surface area contributed by atoms with E-state index in [1.165, 1.54) is 11.0 Å². The highest BCUT2D eigenvalue weighted by atomic mass is 19.1. The lowest BCUT2D eigenvalue weighted by atomic mass is 10.1. The molecule has 2 atom stereocenters. The van der Waals surface area contributed by atoms with E-state index < -0.39 is 30.7 Å². The molecule has 0 radical (unpaired) electrons. The van der Waals surface area contributed by atoms with Gasteiger partial charge in [-0.3, -0.25) is 9.69 Å². The number of benzene rings is 1. The van der Waals surface area contributed by atoms with Crippen LogP contribution in [0.5, 0.6) is 0 Å². The number of Topliss-reactive ketones (excluding diaryl/α,β-unsaturated/α-hetero) is 1. The minimum atomic E-state index is -1.07. The average molecular weight is 396 g/mol. The molecule has 2 heterocycles. The van der Waals surface area contributed by atoms with Gasteiger partial charge in [0, 0.05) is 25.9 Å². The molecule has 28 heavy (non-hydrogen) atoms. The van der Waals surface area contributed by atoms with Crippen LogP contribution in [-0.4, -0.2) is 73.8 Å². The molecule has 2 fully saturated rings. The first-order valence-electron chi connectivity index (χ1n) is 9.39. The summed E-state index contributed by atoms with van der Waals surface area (Å²) in [5.41, 5.74) is 0.883. The van der Waals surface area contributed by atoms with Crippen LogP contribution in [0.1, 0.15) is 19.3 Å². The predicted octanol–water partition coefficient (Wildman–Crippen LogP) is 1.08. The van der Waals surface area contributed by atoms with E-state index in [1.807, 2.05) is 4.90 Å². The largest absolute Gasteiger partial charge is 0.444 e. The van der Waals surface area contributed by atoms with Crippen LogP contribution in [0, 0.1) is 5.82 Å². The topological polar surface area (TPSA) is 99.5 Å². The van der Waals surface area contributed by atoms with Gasteiger partial charge in [0.15, 0.2) is 0 Å². The Bertz CT molecular complexity index is 710. The lowest BCUT2D eigenvalue weighted by Gasteiger charge is -2.29. The van der Waals surface area contributed by atoms with E-state index in [9.17, 15) is 19.1 Å². The van der Waals surface area contributed by atoms with Crippen molar-refractivity contribution in [1.29, 1.82) is 0 Å². The van der Waals surface area contributed by atoms with Crippen LogP contribution >= 0.6 is 0 Å². The summed E-state index contributed by atoms with van der Waals surface area (Å²) in [4.78, 5) is 27.1. The van der Waals surface area contributed by atoms with Gasteiger partial charge in [-0.15, -0.1) is 0 Å². The van der Waals surface area contributed by atoms with Crippen molar-refractivity contribution in [2.75, 3.05) is 49.3 Å². The summed E-state index contributed by atoms with van der Waals surface area (Å²) >= 11 is 0. The summed E-state index contributed by atoms with van der Waals surface area (Å²) in [7, 11) is 0.